The number of para-hydroxylation sites is 1. The third kappa shape index (κ3) is 6.74. The first-order valence-electron chi connectivity index (χ1n) is 16.3. The Kier molecular flexibility index (Phi) is 9.71. The van der Waals surface area contributed by atoms with Crippen molar-refractivity contribution < 1.29 is 14.6 Å². The average Bonchev–Trinajstić information content (AvgIpc) is 3.00. The van der Waals surface area contributed by atoms with Crippen molar-refractivity contribution in [2.75, 3.05) is 18.0 Å². The lowest BCUT2D eigenvalue weighted by Gasteiger charge is -2.44. The summed E-state index contributed by atoms with van der Waals surface area (Å²) in [5, 5.41) is 11.5. The van der Waals surface area contributed by atoms with Crippen LogP contribution in [0, 0.1) is 0 Å². The van der Waals surface area contributed by atoms with E-state index in [1.807, 2.05) is 77.1 Å². The summed E-state index contributed by atoms with van der Waals surface area (Å²) < 4.78 is 7.22. The van der Waals surface area contributed by atoms with E-state index < -0.39 is 11.3 Å². The molecule has 3 heterocycles. The van der Waals surface area contributed by atoms with Gasteiger partial charge in [0.25, 0.3) is 0 Å². The Bertz CT molecular complexity index is 1860. The SMILES string of the molecule is CC(C)c1ccccc1-c1nc2c(cc1Cl)c(N1C[C@H](C)N(C(=O)OC(C)(C)C)C[C@@H]1C)nc(=O)n2-c1c(CO)cccc1C(C)C. The summed E-state index contributed by atoms with van der Waals surface area (Å²) in [4.78, 5) is 41.1. The monoisotopic (exact) mass is 659 g/mol. The minimum absolute atomic E-state index is 0.0494. The van der Waals surface area contributed by atoms with Crippen LogP contribution in [0.25, 0.3) is 28.0 Å². The Labute approximate surface area is 282 Å². The van der Waals surface area contributed by atoms with Crippen LogP contribution in [0.1, 0.15) is 90.8 Å². The number of carbonyl (C=O) groups is 1. The zero-order valence-corrected chi connectivity index (χ0v) is 29.6. The summed E-state index contributed by atoms with van der Waals surface area (Å²) in [5.41, 5.74) is 3.88. The molecule has 47 heavy (non-hydrogen) atoms. The maximum Gasteiger partial charge on any atom is 0.410 e. The molecular formula is C37H46ClN5O4. The minimum atomic E-state index is -0.618. The number of piperazine rings is 1. The van der Waals surface area contributed by atoms with Crippen LogP contribution >= 0.6 is 11.6 Å². The van der Waals surface area contributed by atoms with Crippen molar-refractivity contribution in [3.63, 3.8) is 0 Å². The largest absolute Gasteiger partial charge is 0.444 e. The van der Waals surface area contributed by atoms with Crippen molar-refractivity contribution in [2.45, 2.75) is 98.4 Å². The second kappa shape index (κ2) is 13.3. The third-order valence-corrected chi connectivity index (χ3v) is 8.98. The summed E-state index contributed by atoms with van der Waals surface area (Å²) in [6, 6.07) is 15.1. The van der Waals surface area contributed by atoms with Crippen molar-refractivity contribution in [2.24, 2.45) is 0 Å². The van der Waals surface area contributed by atoms with E-state index in [1.165, 1.54) is 4.57 Å². The molecule has 2 atom stereocenters. The van der Waals surface area contributed by atoms with Crippen LogP contribution in [0.2, 0.25) is 5.02 Å². The molecule has 0 unspecified atom stereocenters. The van der Waals surface area contributed by atoms with E-state index in [1.54, 1.807) is 4.90 Å². The summed E-state index contributed by atoms with van der Waals surface area (Å²) in [5.74, 6) is 0.713. The van der Waals surface area contributed by atoms with Gasteiger partial charge in [-0.15, -0.1) is 0 Å². The Morgan fingerprint density at radius 3 is 2.28 bits per heavy atom. The number of ether oxygens (including phenoxy) is 1. The van der Waals surface area contributed by atoms with Gasteiger partial charge in [0.15, 0.2) is 5.65 Å². The quantitative estimate of drug-likeness (QED) is 0.227. The van der Waals surface area contributed by atoms with E-state index >= 15 is 0 Å². The standard InChI is InChI=1S/C37H46ClN5O4/c1-21(2)26-14-10-11-15-28(26)31-30(38)17-29-33(41-18-24(6)42(19-23(41)5)36(46)47-37(7,8)9)40-35(45)43(34(29)39-31)32-25(20-44)13-12-16-27(32)22(3)4/h10-17,21-24,44H,18-20H2,1-9H3/t23-,24-/m0/s1. The summed E-state index contributed by atoms with van der Waals surface area (Å²) in [7, 11) is 0. The molecule has 250 valence electrons. The van der Waals surface area contributed by atoms with Crippen LogP contribution in [0.5, 0.6) is 0 Å². The highest BCUT2D eigenvalue weighted by molar-refractivity contribution is 6.34. The van der Waals surface area contributed by atoms with Gasteiger partial charge in [-0.3, -0.25) is 0 Å². The molecule has 0 bridgehead atoms. The number of aliphatic hydroxyl groups is 1. The molecule has 9 nitrogen and oxygen atoms in total. The first kappa shape index (κ1) is 34.4. The number of aliphatic hydroxyl groups excluding tert-OH is 1. The lowest BCUT2D eigenvalue weighted by Crippen LogP contribution is -2.59. The number of hydrogen-bond donors (Lipinski definition) is 1. The van der Waals surface area contributed by atoms with E-state index in [-0.39, 0.29) is 36.6 Å². The number of halogens is 1. The lowest BCUT2D eigenvalue weighted by molar-refractivity contribution is 0.0130. The number of nitrogens with zero attached hydrogens (tertiary/aromatic N) is 5. The van der Waals surface area contributed by atoms with Gasteiger partial charge >= 0.3 is 11.8 Å². The zero-order valence-electron chi connectivity index (χ0n) is 28.8. The smallest absolute Gasteiger partial charge is 0.410 e. The van der Waals surface area contributed by atoms with E-state index in [2.05, 4.69) is 38.7 Å². The fourth-order valence-electron chi connectivity index (χ4n) is 6.41. The first-order chi connectivity index (χ1) is 22.1. The maximum absolute atomic E-state index is 14.4. The van der Waals surface area contributed by atoms with E-state index in [0.717, 1.165) is 16.7 Å². The predicted octanol–water partition coefficient (Wildman–Crippen LogP) is 7.67. The van der Waals surface area contributed by atoms with E-state index in [0.29, 0.717) is 51.9 Å². The maximum atomic E-state index is 14.4. The van der Waals surface area contributed by atoms with Crippen molar-refractivity contribution >= 4 is 34.5 Å². The molecule has 10 heteroatoms. The van der Waals surface area contributed by atoms with Gasteiger partial charge in [0.2, 0.25) is 0 Å². The third-order valence-electron chi connectivity index (χ3n) is 8.69. The summed E-state index contributed by atoms with van der Waals surface area (Å²) in [6.07, 6.45) is -0.371. The molecule has 1 N–H and O–H groups in total. The molecule has 1 aliphatic heterocycles. The number of amides is 1. The van der Waals surface area contributed by atoms with Crippen LogP contribution in [-0.4, -0.2) is 61.4 Å². The van der Waals surface area contributed by atoms with Crippen molar-refractivity contribution in [3.05, 3.63) is 80.7 Å². The summed E-state index contributed by atoms with van der Waals surface area (Å²) in [6.45, 7) is 18.4. The van der Waals surface area contributed by atoms with Gasteiger partial charge in [-0.2, -0.15) is 4.98 Å². The molecule has 0 aliphatic carbocycles. The topological polar surface area (TPSA) is 101 Å². The van der Waals surface area contributed by atoms with Gasteiger partial charge < -0.3 is 19.6 Å². The van der Waals surface area contributed by atoms with Crippen LogP contribution < -0.4 is 10.6 Å². The number of carbonyl (C=O) groups excluding carboxylic acids is 1. The predicted molar refractivity (Wildman–Crippen MR) is 189 cm³/mol. The van der Waals surface area contributed by atoms with Gasteiger partial charge in [-0.25, -0.2) is 19.1 Å². The number of hydrogen-bond acceptors (Lipinski definition) is 7. The van der Waals surface area contributed by atoms with Crippen LogP contribution in [0.15, 0.2) is 53.3 Å². The fourth-order valence-corrected chi connectivity index (χ4v) is 6.66. The molecule has 2 aromatic heterocycles. The highest BCUT2D eigenvalue weighted by Gasteiger charge is 2.36. The molecule has 1 aliphatic rings. The molecule has 0 saturated carbocycles. The zero-order chi connectivity index (χ0) is 34.4. The number of benzene rings is 2. The Hall–Kier alpha value is -3.95. The highest BCUT2D eigenvalue weighted by atomic mass is 35.5. The van der Waals surface area contributed by atoms with Crippen molar-refractivity contribution in [3.8, 4) is 16.9 Å². The van der Waals surface area contributed by atoms with Crippen LogP contribution in [0.4, 0.5) is 10.6 Å². The lowest BCUT2D eigenvalue weighted by atomic mass is 9.95. The molecule has 5 rings (SSSR count). The van der Waals surface area contributed by atoms with Gasteiger partial charge in [0.1, 0.15) is 11.4 Å². The van der Waals surface area contributed by atoms with Crippen molar-refractivity contribution in [1.82, 2.24) is 19.4 Å². The molecule has 1 saturated heterocycles. The van der Waals surface area contributed by atoms with Gasteiger partial charge in [0.05, 0.1) is 28.4 Å². The fraction of sp³-hybridized carbons (Fsp3) is 0.459. The molecule has 2 aromatic carbocycles. The molecule has 1 amide bonds. The van der Waals surface area contributed by atoms with E-state index in [9.17, 15) is 14.7 Å². The normalized spacial score (nSPS) is 17.2. The number of aromatic nitrogens is 3. The Balaban J connectivity index is 1.78. The second-order valence-electron chi connectivity index (χ2n) is 14.1. The molecule has 4 aromatic rings. The number of pyridine rings is 1. The molecule has 0 spiro atoms. The van der Waals surface area contributed by atoms with Gasteiger partial charge in [-0.1, -0.05) is 81.8 Å². The number of rotatable bonds is 6. The molecule has 0 radical (unpaired) electrons. The average molecular weight is 660 g/mol. The molecular weight excluding hydrogens is 614 g/mol. The van der Waals surface area contributed by atoms with Crippen LogP contribution in [-0.2, 0) is 11.3 Å². The van der Waals surface area contributed by atoms with Crippen LogP contribution in [0.3, 0.4) is 0 Å². The number of anilines is 1. The minimum Gasteiger partial charge on any atom is -0.444 e. The van der Waals surface area contributed by atoms with Gasteiger partial charge in [0, 0.05) is 36.3 Å². The highest BCUT2D eigenvalue weighted by Crippen LogP contribution is 2.38. The Morgan fingerprint density at radius 1 is 0.979 bits per heavy atom. The molecule has 1 fully saturated rings. The van der Waals surface area contributed by atoms with Gasteiger partial charge in [-0.05, 0) is 63.6 Å². The second-order valence-corrected chi connectivity index (χ2v) is 14.5. The first-order valence-corrected chi connectivity index (χ1v) is 16.7. The summed E-state index contributed by atoms with van der Waals surface area (Å²) >= 11 is 7.09. The van der Waals surface area contributed by atoms with Crippen molar-refractivity contribution in [1.29, 1.82) is 0 Å². The van der Waals surface area contributed by atoms with E-state index in [4.69, 9.17) is 26.3 Å². The number of fused-ring (bicyclic) bond motifs is 1. The Morgan fingerprint density at radius 2 is 1.64 bits per heavy atom.